The van der Waals surface area contributed by atoms with E-state index in [1.54, 1.807) is 0 Å². The van der Waals surface area contributed by atoms with Gasteiger partial charge in [-0.3, -0.25) is 9.48 Å². The summed E-state index contributed by atoms with van der Waals surface area (Å²) in [4.78, 5) is 11.4. The zero-order valence-electron chi connectivity index (χ0n) is 10.0. The van der Waals surface area contributed by atoms with E-state index in [9.17, 15) is 4.79 Å². The molecule has 1 aromatic heterocycles. The third-order valence-corrected chi connectivity index (χ3v) is 2.29. The Morgan fingerprint density at radius 3 is 2.81 bits per heavy atom. The van der Waals surface area contributed by atoms with Crippen LogP contribution >= 0.6 is 0 Å². The Morgan fingerprint density at radius 1 is 1.62 bits per heavy atom. The van der Waals surface area contributed by atoms with Crippen molar-refractivity contribution in [1.82, 2.24) is 9.78 Å². The number of hydrogen-bond donors (Lipinski definition) is 1. The van der Waals surface area contributed by atoms with Crippen LogP contribution in [0.2, 0.25) is 0 Å². The molecule has 90 valence electrons. The fourth-order valence-electron chi connectivity index (χ4n) is 1.52. The number of esters is 1. The van der Waals surface area contributed by atoms with Gasteiger partial charge in [-0.25, -0.2) is 0 Å². The Labute approximate surface area is 95.6 Å². The number of rotatable bonds is 5. The Bertz CT molecular complexity index is 347. The van der Waals surface area contributed by atoms with E-state index < -0.39 is 5.92 Å². The molecular weight excluding hydrogens is 206 g/mol. The molecule has 0 aromatic carbocycles. The molecule has 2 N–H and O–H groups in total. The van der Waals surface area contributed by atoms with Crippen LogP contribution in [-0.4, -0.2) is 29.4 Å². The van der Waals surface area contributed by atoms with Crippen LogP contribution in [-0.2, 0) is 16.1 Å². The average molecular weight is 225 g/mol. The molecular formula is C11H19N3O2. The average Bonchev–Trinajstić information content (AvgIpc) is 2.66. The predicted octanol–water partition coefficient (Wildman–Crippen LogP) is 0.754. The lowest BCUT2D eigenvalue weighted by molar-refractivity contribution is -0.142. The largest absolute Gasteiger partial charge is 0.468 e. The molecule has 0 saturated heterocycles. The molecule has 5 nitrogen and oxygen atoms in total. The second-order valence-electron chi connectivity index (χ2n) is 4.17. The number of carbonyl (C=O) groups is 1. The quantitative estimate of drug-likeness (QED) is 0.751. The number of aromatic nitrogens is 2. The summed E-state index contributed by atoms with van der Waals surface area (Å²) >= 11 is 0. The minimum Gasteiger partial charge on any atom is -0.468 e. The molecule has 0 saturated carbocycles. The van der Waals surface area contributed by atoms with Gasteiger partial charge in [0.1, 0.15) is 5.92 Å². The monoisotopic (exact) mass is 225 g/mol. The van der Waals surface area contributed by atoms with Crippen molar-refractivity contribution >= 4 is 5.97 Å². The third kappa shape index (κ3) is 3.06. The van der Waals surface area contributed by atoms with Gasteiger partial charge in [0.25, 0.3) is 0 Å². The first-order valence-electron chi connectivity index (χ1n) is 5.39. The van der Waals surface area contributed by atoms with Crippen molar-refractivity contribution in [2.45, 2.75) is 26.3 Å². The summed E-state index contributed by atoms with van der Waals surface area (Å²) in [7, 11) is 1.36. The van der Waals surface area contributed by atoms with Crippen LogP contribution in [0.5, 0.6) is 0 Å². The topological polar surface area (TPSA) is 70.1 Å². The summed E-state index contributed by atoms with van der Waals surface area (Å²) in [5, 5.41) is 4.33. The Hall–Kier alpha value is -1.36. The molecule has 1 unspecified atom stereocenters. The highest BCUT2D eigenvalue weighted by Gasteiger charge is 2.22. The maximum absolute atomic E-state index is 11.4. The van der Waals surface area contributed by atoms with Crippen molar-refractivity contribution < 1.29 is 9.53 Å². The molecule has 1 aromatic rings. The van der Waals surface area contributed by atoms with Crippen LogP contribution in [0.15, 0.2) is 12.3 Å². The molecule has 0 radical (unpaired) electrons. The number of ether oxygens (including phenoxy) is 1. The van der Waals surface area contributed by atoms with E-state index in [1.165, 1.54) is 7.11 Å². The van der Waals surface area contributed by atoms with Crippen molar-refractivity contribution in [3.05, 3.63) is 18.0 Å². The number of nitrogens with two attached hydrogens (primary N) is 1. The van der Waals surface area contributed by atoms with Crippen LogP contribution in [0, 0.1) is 5.92 Å². The summed E-state index contributed by atoms with van der Waals surface area (Å²) in [6, 6.07) is 1.82. The molecule has 1 atom stereocenters. The van der Waals surface area contributed by atoms with E-state index in [0.29, 0.717) is 11.6 Å². The second kappa shape index (κ2) is 5.65. The van der Waals surface area contributed by atoms with Gasteiger partial charge in [0, 0.05) is 19.3 Å². The molecule has 1 rings (SSSR count). The SMILES string of the molecule is COC(=O)C(CN)c1ccn(CC(C)C)n1. The molecule has 0 fully saturated rings. The first-order chi connectivity index (χ1) is 7.58. The van der Waals surface area contributed by atoms with Crippen molar-refractivity contribution in [2.24, 2.45) is 11.7 Å². The summed E-state index contributed by atoms with van der Waals surface area (Å²) in [6.07, 6.45) is 1.86. The smallest absolute Gasteiger partial charge is 0.316 e. The fourth-order valence-corrected chi connectivity index (χ4v) is 1.52. The number of carbonyl (C=O) groups excluding carboxylic acids is 1. The predicted molar refractivity (Wildman–Crippen MR) is 60.9 cm³/mol. The summed E-state index contributed by atoms with van der Waals surface area (Å²) in [5.41, 5.74) is 6.22. The van der Waals surface area contributed by atoms with Crippen LogP contribution in [0.3, 0.4) is 0 Å². The van der Waals surface area contributed by atoms with Gasteiger partial charge >= 0.3 is 5.97 Å². The highest BCUT2D eigenvalue weighted by Crippen LogP contribution is 2.14. The minimum absolute atomic E-state index is 0.214. The van der Waals surface area contributed by atoms with Gasteiger partial charge in [-0.05, 0) is 12.0 Å². The number of hydrogen-bond acceptors (Lipinski definition) is 4. The van der Waals surface area contributed by atoms with Crippen molar-refractivity contribution in [3.8, 4) is 0 Å². The van der Waals surface area contributed by atoms with E-state index >= 15 is 0 Å². The lowest BCUT2D eigenvalue weighted by Gasteiger charge is -2.09. The highest BCUT2D eigenvalue weighted by molar-refractivity contribution is 5.77. The Kier molecular flexibility index (Phi) is 4.49. The van der Waals surface area contributed by atoms with Gasteiger partial charge in [-0.1, -0.05) is 13.8 Å². The number of nitrogens with zero attached hydrogens (tertiary/aromatic N) is 2. The van der Waals surface area contributed by atoms with Crippen molar-refractivity contribution in [1.29, 1.82) is 0 Å². The summed E-state index contributed by atoms with van der Waals surface area (Å²) < 4.78 is 6.50. The molecule has 0 bridgehead atoms. The normalized spacial score (nSPS) is 12.8. The minimum atomic E-state index is -0.460. The number of methoxy groups -OCH3 is 1. The van der Waals surface area contributed by atoms with Crippen molar-refractivity contribution in [2.75, 3.05) is 13.7 Å². The van der Waals surface area contributed by atoms with Crippen LogP contribution in [0.4, 0.5) is 0 Å². The molecule has 16 heavy (non-hydrogen) atoms. The van der Waals surface area contributed by atoms with E-state index in [1.807, 2.05) is 16.9 Å². The standard InChI is InChI=1S/C11H19N3O2/c1-8(2)7-14-5-4-10(13-14)9(6-12)11(15)16-3/h4-5,8-9H,6-7,12H2,1-3H3. The van der Waals surface area contributed by atoms with Gasteiger partial charge in [0.05, 0.1) is 12.8 Å². The van der Waals surface area contributed by atoms with Crippen molar-refractivity contribution in [3.63, 3.8) is 0 Å². The summed E-state index contributed by atoms with van der Waals surface area (Å²) in [5.74, 6) is -0.280. The van der Waals surface area contributed by atoms with Crippen LogP contribution in [0.25, 0.3) is 0 Å². The van der Waals surface area contributed by atoms with Gasteiger partial charge < -0.3 is 10.5 Å². The maximum atomic E-state index is 11.4. The first kappa shape index (κ1) is 12.7. The molecule has 0 spiro atoms. The van der Waals surface area contributed by atoms with Gasteiger partial charge in [-0.15, -0.1) is 0 Å². The van der Waals surface area contributed by atoms with E-state index in [4.69, 9.17) is 5.73 Å². The highest BCUT2D eigenvalue weighted by atomic mass is 16.5. The molecule has 0 amide bonds. The lowest BCUT2D eigenvalue weighted by Crippen LogP contribution is -2.23. The third-order valence-electron chi connectivity index (χ3n) is 2.29. The van der Waals surface area contributed by atoms with E-state index in [2.05, 4.69) is 23.7 Å². The van der Waals surface area contributed by atoms with Gasteiger partial charge in [0.2, 0.25) is 0 Å². The molecule has 0 aliphatic rings. The maximum Gasteiger partial charge on any atom is 0.316 e. The first-order valence-corrected chi connectivity index (χ1v) is 5.39. The molecule has 5 heteroatoms. The second-order valence-corrected chi connectivity index (χ2v) is 4.17. The summed E-state index contributed by atoms with van der Waals surface area (Å²) in [6.45, 7) is 5.27. The molecule has 0 aliphatic carbocycles. The van der Waals surface area contributed by atoms with Gasteiger partial charge in [0.15, 0.2) is 0 Å². The fraction of sp³-hybridized carbons (Fsp3) is 0.636. The van der Waals surface area contributed by atoms with Crippen LogP contribution < -0.4 is 5.73 Å². The van der Waals surface area contributed by atoms with E-state index in [-0.39, 0.29) is 12.5 Å². The Morgan fingerprint density at radius 2 is 2.31 bits per heavy atom. The zero-order valence-corrected chi connectivity index (χ0v) is 10.0. The van der Waals surface area contributed by atoms with E-state index in [0.717, 1.165) is 6.54 Å². The Balaban J connectivity index is 2.78. The lowest BCUT2D eigenvalue weighted by atomic mass is 10.1. The van der Waals surface area contributed by atoms with Crippen LogP contribution in [0.1, 0.15) is 25.5 Å². The zero-order chi connectivity index (χ0) is 12.1. The van der Waals surface area contributed by atoms with Gasteiger partial charge in [-0.2, -0.15) is 5.10 Å². The molecule has 0 aliphatic heterocycles. The molecule has 1 heterocycles.